The maximum atomic E-state index is 12.1. The first-order chi connectivity index (χ1) is 12.1. The first-order valence-corrected chi connectivity index (χ1v) is 8.48. The third-order valence-electron chi connectivity index (χ3n) is 3.57. The minimum absolute atomic E-state index is 0.0890. The largest absolute Gasteiger partial charge is 0.343 e. The van der Waals surface area contributed by atoms with Crippen LogP contribution in [0.15, 0.2) is 77.5 Å². The van der Waals surface area contributed by atoms with E-state index < -0.39 is 0 Å². The Hall–Kier alpha value is -2.86. The Balaban J connectivity index is 1.53. The van der Waals surface area contributed by atoms with Crippen molar-refractivity contribution in [3.05, 3.63) is 83.1 Å². The highest BCUT2D eigenvalue weighted by Crippen LogP contribution is 2.14. The number of carbonyl (C=O) groups excluding carboxylic acids is 2. The fourth-order valence-corrected chi connectivity index (χ4v) is 2.56. The molecule has 1 aromatic heterocycles. The third kappa shape index (κ3) is 4.58. The lowest BCUT2D eigenvalue weighted by molar-refractivity contribution is -0.115. The standard InChI is InChI=1S/C19H16BrN3O2/c20-15-5-7-16(8-6-15)22-18(24)13-21-19(25)14-3-9-17(10-4-14)23-11-1-2-12-23/h1-12H,13H2,(H,21,25)(H,22,24). The monoisotopic (exact) mass is 397 g/mol. The molecule has 0 aliphatic rings. The highest BCUT2D eigenvalue weighted by atomic mass is 79.9. The molecule has 0 saturated carbocycles. The van der Waals surface area contributed by atoms with E-state index in [1.165, 1.54) is 0 Å². The average molecular weight is 398 g/mol. The minimum Gasteiger partial charge on any atom is -0.343 e. The van der Waals surface area contributed by atoms with E-state index in [0.717, 1.165) is 10.2 Å². The summed E-state index contributed by atoms with van der Waals surface area (Å²) < 4.78 is 2.88. The van der Waals surface area contributed by atoms with Crippen LogP contribution in [0.25, 0.3) is 5.69 Å². The van der Waals surface area contributed by atoms with Crippen LogP contribution in [0.5, 0.6) is 0 Å². The van der Waals surface area contributed by atoms with Gasteiger partial charge in [0, 0.05) is 33.8 Å². The molecule has 2 N–H and O–H groups in total. The summed E-state index contributed by atoms with van der Waals surface area (Å²) in [5.74, 6) is -0.565. The number of halogens is 1. The molecule has 0 radical (unpaired) electrons. The molecule has 0 spiro atoms. The van der Waals surface area contributed by atoms with Crippen molar-refractivity contribution in [2.45, 2.75) is 0 Å². The summed E-state index contributed by atoms with van der Waals surface area (Å²) in [5.41, 5.74) is 2.15. The van der Waals surface area contributed by atoms with Gasteiger partial charge in [0.15, 0.2) is 0 Å². The molecule has 1 heterocycles. The van der Waals surface area contributed by atoms with Crippen molar-refractivity contribution >= 4 is 33.4 Å². The van der Waals surface area contributed by atoms with Gasteiger partial charge in [0.05, 0.1) is 6.54 Å². The summed E-state index contributed by atoms with van der Waals surface area (Å²) in [5, 5.41) is 5.34. The number of nitrogens with one attached hydrogen (secondary N) is 2. The number of benzene rings is 2. The summed E-state index contributed by atoms with van der Waals surface area (Å²) in [6, 6.07) is 18.3. The van der Waals surface area contributed by atoms with E-state index in [4.69, 9.17) is 0 Å². The second kappa shape index (κ2) is 7.81. The lowest BCUT2D eigenvalue weighted by Gasteiger charge is -2.08. The highest BCUT2D eigenvalue weighted by molar-refractivity contribution is 9.10. The number of rotatable bonds is 5. The molecule has 0 bridgehead atoms. The van der Waals surface area contributed by atoms with Gasteiger partial charge in [0.1, 0.15) is 0 Å². The first-order valence-electron chi connectivity index (χ1n) is 7.69. The molecule has 0 aliphatic heterocycles. The topological polar surface area (TPSA) is 63.1 Å². The van der Waals surface area contributed by atoms with E-state index in [0.29, 0.717) is 11.3 Å². The highest BCUT2D eigenvalue weighted by Gasteiger charge is 2.08. The Kier molecular flexibility index (Phi) is 5.30. The van der Waals surface area contributed by atoms with Gasteiger partial charge in [-0.15, -0.1) is 0 Å². The van der Waals surface area contributed by atoms with E-state index in [2.05, 4.69) is 26.6 Å². The van der Waals surface area contributed by atoms with E-state index in [9.17, 15) is 9.59 Å². The van der Waals surface area contributed by atoms with Gasteiger partial charge in [-0.25, -0.2) is 0 Å². The molecule has 0 atom stereocenters. The number of hydrogen-bond donors (Lipinski definition) is 2. The number of hydrogen-bond acceptors (Lipinski definition) is 2. The van der Waals surface area contributed by atoms with Gasteiger partial charge in [-0.1, -0.05) is 15.9 Å². The molecule has 0 aliphatic carbocycles. The predicted molar refractivity (Wildman–Crippen MR) is 101 cm³/mol. The van der Waals surface area contributed by atoms with Gasteiger partial charge in [-0.05, 0) is 60.7 Å². The zero-order chi connectivity index (χ0) is 17.6. The fourth-order valence-electron chi connectivity index (χ4n) is 2.29. The Morgan fingerprint density at radius 1 is 0.920 bits per heavy atom. The molecular weight excluding hydrogens is 382 g/mol. The van der Waals surface area contributed by atoms with Gasteiger partial charge < -0.3 is 15.2 Å². The van der Waals surface area contributed by atoms with Crippen LogP contribution in [-0.2, 0) is 4.79 Å². The van der Waals surface area contributed by atoms with Crippen LogP contribution < -0.4 is 10.6 Å². The van der Waals surface area contributed by atoms with Gasteiger partial charge >= 0.3 is 0 Å². The van der Waals surface area contributed by atoms with Crippen molar-refractivity contribution in [1.29, 1.82) is 0 Å². The molecule has 6 heteroatoms. The van der Waals surface area contributed by atoms with Crippen molar-refractivity contribution in [2.75, 3.05) is 11.9 Å². The van der Waals surface area contributed by atoms with E-state index in [1.54, 1.807) is 24.3 Å². The van der Waals surface area contributed by atoms with Crippen LogP contribution in [0, 0.1) is 0 Å². The summed E-state index contributed by atoms with van der Waals surface area (Å²) in [7, 11) is 0. The normalized spacial score (nSPS) is 10.3. The van der Waals surface area contributed by atoms with E-state index in [-0.39, 0.29) is 18.4 Å². The van der Waals surface area contributed by atoms with E-state index in [1.807, 2.05) is 53.4 Å². The SMILES string of the molecule is O=C(CNC(=O)c1ccc(-n2cccc2)cc1)Nc1ccc(Br)cc1. The molecule has 5 nitrogen and oxygen atoms in total. The quantitative estimate of drug-likeness (QED) is 0.690. The minimum atomic E-state index is -0.287. The number of amides is 2. The molecule has 0 saturated heterocycles. The molecule has 3 aromatic rings. The van der Waals surface area contributed by atoms with Crippen LogP contribution in [0.2, 0.25) is 0 Å². The van der Waals surface area contributed by atoms with Crippen LogP contribution in [0.3, 0.4) is 0 Å². The Bertz CT molecular complexity index is 857. The summed E-state index contributed by atoms with van der Waals surface area (Å²) in [6.45, 7) is -0.0890. The fraction of sp³-hybridized carbons (Fsp3) is 0.0526. The Labute approximate surface area is 153 Å². The number of aromatic nitrogens is 1. The van der Waals surface area contributed by atoms with E-state index >= 15 is 0 Å². The van der Waals surface area contributed by atoms with Crippen LogP contribution in [0.4, 0.5) is 5.69 Å². The van der Waals surface area contributed by atoms with Gasteiger partial charge in [-0.3, -0.25) is 9.59 Å². The first kappa shape index (κ1) is 17.0. The van der Waals surface area contributed by atoms with Crippen molar-refractivity contribution in [3.8, 4) is 5.69 Å². The smallest absolute Gasteiger partial charge is 0.251 e. The Morgan fingerprint density at radius 2 is 1.56 bits per heavy atom. The summed E-state index contributed by atoms with van der Waals surface area (Å²) in [4.78, 5) is 24.0. The lowest BCUT2D eigenvalue weighted by Crippen LogP contribution is -2.32. The van der Waals surface area contributed by atoms with Crippen molar-refractivity contribution < 1.29 is 9.59 Å². The molecule has 2 aromatic carbocycles. The van der Waals surface area contributed by atoms with Crippen LogP contribution in [-0.4, -0.2) is 22.9 Å². The van der Waals surface area contributed by atoms with Crippen LogP contribution in [0.1, 0.15) is 10.4 Å². The van der Waals surface area contributed by atoms with Crippen molar-refractivity contribution in [3.63, 3.8) is 0 Å². The number of nitrogens with zero attached hydrogens (tertiary/aromatic N) is 1. The maximum Gasteiger partial charge on any atom is 0.251 e. The maximum absolute atomic E-state index is 12.1. The summed E-state index contributed by atoms with van der Waals surface area (Å²) in [6.07, 6.45) is 3.86. The molecular formula is C19H16BrN3O2. The number of carbonyl (C=O) groups is 2. The molecule has 25 heavy (non-hydrogen) atoms. The molecule has 3 rings (SSSR count). The third-order valence-corrected chi connectivity index (χ3v) is 4.10. The molecule has 126 valence electrons. The van der Waals surface area contributed by atoms with Gasteiger partial charge in [-0.2, -0.15) is 0 Å². The summed E-state index contributed by atoms with van der Waals surface area (Å²) >= 11 is 3.33. The van der Waals surface area contributed by atoms with Gasteiger partial charge in [0.25, 0.3) is 5.91 Å². The molecule has 2 amide bonds. The molecule has 0 fully saturated rings. The predicted octanol–water partition coefficient (Wildman–Crippen LogP) is 3.61. The zero-order valence-corrected chi connectivity index (χ0v) is 14.9. The van der Waals surface area contributed by atoms with Crippen molar-refractivity contribution in [2.24, 2.45) is 0 Å². The van der Waals surface area contributed by atoms with Gasteiger partial charge in [0.2, 0.25) is 5.91 Å². The second-order valence-electron chi connectivity index (χ2n) is 5.37. The average Bonchev–Trinajstić information content (AvgIpc) is 3.16. The lowest BCUT2D eigenvalue weighted by atomic mass is 10.2. The second-order valence-corrected chi connectivity index (χ2v) is 6.29. The van der Waals surface area contributed by atoms with Crippen LogP contribution >= 0.6 is 15.9 Å². The zero-order valence-electron chi connectivity index (χ0n) is 13.3. The molecule has 0 unspecified atom stereocenters. The van der Waals surface area contributed by atoms with Crippen molar-refractivity contribution in [1.82, 2.24) is 9.88 Å². The number of anilines is 1. The Morgan fingerprint density at radius 3 is 2.20 bits per heavy atom.